The number of carbonyl (C=O) groups is 2. The number of aromatic amines is 1. The molecule has 1 fully saturated rings. The van der Waals surface area contributed by atoms with Crippen LogP contribution in [-0.2, 0) is 19.3 Å². The Morgan fingerprint density at radius 2 is 1.86 bits per heavy atom. The molecule has 4 aromatic rings. The van der Waals surface area contributed by atoms with Crippen molar-refractivity contribution >= 4 is 34.1 Å². The summed E-state index contributed by atoms with van der Waals surface area (Å²) in [5.74, 6) is -1.39. The molecule has 1 atom stereocenters. The number of nitrogens with zero attached hydrogens (tertiary/aromatic N) is 3. The number of alkyl halides is 3. The molecule has 1 aliphatic rings. The van der Waals surface area contributed by atoms with E-state index in [-0.39, 0.29) is 47.3 Å². The highest BCUT2D eigenvalue weighted by Gasteiger charge is 2.35. The Bertz CT molecular complexity index is 1670. The summed E-state index contributed by atoms with van der Waals surface area (Å²) in [5.41, 5.74) is 1.13. The average Bonchev–Trinajstić information content (AvgIpc) is 3.60. The van der Waals surface area contributed by atoms with Crippen molar-refractivity contribution in [2.45, 2.75) is 38.7 Å². The number of pyridine rings is 1. The monoisotopic (exact) mass is 596 g/mol. The third kappa shape index (κ3) is 7.03. The van der Waals surface area contributed by atoms with Crippen LogP contribution in [0.15, 0.2) is 54.7 Å². The summed E-state index contributed by atoms with van der Waals surface area (Å²) in [6, 6.07) is 11.3. The van der Waals surface area contributed by atoms with Crippen LogP contribution in [0, 0.1) is 5.82 Å². The molecule has 1 aliphatic heterocycles. The van der Waals surface area contributed by atoms with Gasteiger partial charge in [0.05, 0.1) is 23.1 Å². The Morgan fingerprint density at radius 1 is 1.07 bits per heavy atom. The molecule has 1 saturated heterocycles. The molecule has 3 heterocycles. The van der Waals surface area contributed by atoms with Crippen molar-refractivity contribution < 1.29 is 27.2 Å². The quantitative estimate of drug-likeness (QED) is 0.164. The van der Waals surface area contributed by atoms with E-state index in [1.807, 2.05) is 19.0 Å². The minimum Gasteiger partial charge on any atom is -0.380 e. The van der Waals surface area contributed by atoms with E-state index in [0.717, 1.165) is 12.5 Å². The number of likely N-dealkylation sites (N-methyl/N-ethyl adjacent to an activating group) is 1. The van der Waals surface area contributed by atoms with Gasteiger partial charge in [-0.3, -0.25) is 14.5 Å². The second-order valence-corrected chi connectivity index (χ2v) is 11.0. The van der Waals surface area contributed by atoms with Gasteiger partial charge in [-0.2, -0.15) is 13.2 Å². The molecule has 0 saturated carbocycles. The fourth-order valence-electron chi connectivity index (χ4n) is 5.23. The van der Waals surface area contributed by atoms with Crippen molar-refractivity contribution in [3.05, 3.63) is 88.5 Å². The van der Waals surface area contributed by atoms with Crippen LogP contribution < -0.4 is 10.6 Å². The molecule has 1 amide bonds. The second kappa shape index (κ2) is 12.1. The molecule has 43 heavy (non-hydrogen) atoms. The molecule has 0 aliphatic carbocycles. The van der Waals surface area contributed by atoms with E-state index in [0.29, 0.717) is 35.5 Å². The van der Waals surface area contributed by atoms with Crippen molar-refractivity contribution in [1.29, 1.82) is 0 Å². The number of amides is 1. The predicted octanol–water partition coefficient (Wildman–Crippen LogP) is 5.92. The number of carbonyl (C=O) groups excluding carboxylic acids is 2. The van der Waals surface area contributed by atoms with Gasteiger partial charge < -0.3 is 20.5 Å². The Morgan fingerprint density at radius 3 is 2.56 bits per heavy atom. The van der Waals surface area contributed by atoms with Gasteiger partial charge >= 0.3 is 6.18 Å². The Balaban J connectivity index is 1.28. The summed E-state index contributed by atoms with van der Waals surface area (Å²) in [7, 11) is 3.91. The number of aromatic nitrogens is 2. The Hall–Kier alpha value is -4.29. The zero-order valence-electron chi connectivity index (χ0n) is 24.0. The third-order valence-electron chi connectivity index (χ3n) is 7.69. The van der Waals surface area contributed by atoms with Gasteiger partial charge in [0.15, 0.2) is 5.78 Å². The number of hydrogen-bond acceptors (Lipinski definition) is 6. The van der Waals surface area contributed by atoms with Crippen LogP contribution in [0.4, 0.5) is 28.9 Å². The fraction of sp³-hybridized carbons (Fsp3) is 0.323. The molecule has 0 spiro atoms. The molecule has 226 valence electrons. The van der Waals surface area contributed by atoms with Gasteiger partial charge in [-0.25, -0.2) is 9.37 Å². The molecular formula is C31H32F4N6O2. The molecule has 8 nitrogen and oxygen atoms in total. The number of nitrogens with one attached hydrogen (secondary N) is 3. The van der Waals surface area contributed by atoms with E-state index < -0.39 is 23.5 Å². The SMILES string of the molecule is CC(=O)c1cc2cc(NCc3cc(NC(=O)c4ccc(CN5CC[C@H](N(C)C)C5)c(C(F)(F)F)c4)ccc3F)cnc2[nH]1. The number of Topliss-reactive ketones (excluding diaryl/α,β-unsaturated/α-hetero) is 1. The van der Waals surface area contributed by atoms with Crippen LogP contribution in [-0.4, -0.2) is 64.7 Å². The highest BCUT2D eigenvalue weighted by molar-refractivity contribution is 6.04. The first-order valence-corrected chi connectivity index (χ1v) is 13.8. The van der Waals surface area contributed by atoms with Crippen molar-refractivity contribution in [3.63, 3.8) is 0 Å². The Kier molecular flexibility index (Phi) is 8.52. The molecular weight excluding hydrogens is 564 g/mol. The summed E-state index contributed by atoms with van der Waals surface area (Å²) in [6.07, 6.45) is -2.21. The van der Waals surface area contributed by atoms with Crippen molar-refractivity contribution in [2.75, 3.05) is 37.8 Å². The molecule has 0 radical (unpaired) electrons. The fourth-order valence-corrected chi connectivity index (χ4v) is 5.23. The summed E-state index contributed by atoms with van der Waals surface area (Å²) < 4.78 is 56.6. The summed E-state index contributed by atoms with van der Waals surface area (Å²) in [4.78, 5) is 35.8. The lowest BCUT2D eigenvalue weighted by molar-refractivity contribution is -0.138. The van der Waals surface area contributed by atoms with E-state index in [1.54, 1.807) is 18.3 Å². The first kappa shape index (κ1) is 30.2. The lowest BCUT2D eigenvalue weighted by Gasteiger charge is -2.22. The lowest BCUT2D eigenvalue weighted by Crippen LogP contribution is -2.31. The van der Waals surface area contributed by atoms with Crippen molar-refractivity contribution in [2.24, 2.45) is 0 Å². The van der Waals surface area contributed by atoms with Crippen LogP contribution in [0.25, 0.3) is 11.0 Å². The van der Waals surface area contributed by atoms with Gasteiger partial charge in [-0.1, -0.05) is 6.07 Å². The minimum absolute atomic E-state index is 0.0464. The molecule has 5 rings (SSSR count). The largest absolute Gasteiger partial charge is 0.416 e. The number of hydrogen-bond donors (Lipinski definition) is 3. The number of rotatable bonds is 9. The van der Waals surface area contributed by atoms with E-state index in [4.69, 9.17) is 0 Å². The van der Waals surface area contributed by atoms with Gasteiger partial charge in [0.1, 0.15) is 11.5 Å². The van der Waals surface area contributed by atoms with Crippen molar-refractivity contribution in [3.8, 4) is 0 Å². The smallest absolute Gasteiger partial charge is 0.380 e. The number of fused-ring (bicyclic) bond motifs is 1. The van der Waals surface area contributed by atoms with Gasteiger partial charge in [0, 0.05) is 61.3 Å². The number of ketones is 1. The first-order valence-electron chi connectivity index (χ1n) is 13.8. The molecule has 2 aromatic heterocycles. The van der Waals surface area contributed by atoms with Crippen LogP contribution in [0.5, 0.6) is 0 Å². The van der Waals surface area contributed by atoms with Gasteiger partial charge in [-0.15, -0.1) is 0 Å². The number of H-pyrrole nitrogens is 1. The lowest BCUT2D eigenvalue weighted by atomic mass is 10.0. The predicted molar refractivity (Wildman–Crippen MR) is 157 cm³/mol. The average molecular weight is 597 g/mol. The molecule has 0 unspecified atom stereocenters. The number of benzene rings is 2. The van der Waals surface area contributed by atoms with Gasteiger partial charge in [-0.05, 0) is 68.5 Å². The zero-order chi connectivity index (χ0) is 30.9. The number of halogens is 4. The Labute approximate surface area is 246 Å². The molecule has 0 bridgehead atoms. The maximum atomic E-state index is 14.6. The van der Waals surface area contributed by atoms with Crippen LogP contribution in [0.1, 0.15) is 50.9 Å². The maximum absolute atomic E-state index is 14.6. The summed E-state index contributed by atoms with van der Waals surface area (Å²) in [5, 5.41) is 6.36. The maximum Gasteiger partial charge on any atom is 0.416 e. The van der Waals surface area contributed by atoms with Crippen molar-refractivity contribution in [1.82, 2.24) is 19.8 Å². The van der Waals surface area contributed by atoms with Crippen LogP contribution in [0.2, 0.25) is 0 Å². The summed E-state index contributed by atoms with van der Waals surface area (Å²) in [6.45, 7) is 3.00. The highest BCUT2D eigenvalue weighted by atomic mass is 19.4. The van der Waals surface area contributed by atoms with E-state index in [2.05, 4.69) is 25.5 Å². The zero-order valence-corrected chi connectivity index (χ0v) is 24.0. The van der Waals surface area contributed by atoms with Crippen LogP contribution in [0.3, 0.4) is 0 Å². The standard InChI is InChI=1S/C31H32F4N6O2/c1-18(42)28-13-21-10-24(15-37-29(21)39-28)36-14-22-11-23(6-7-27(22)32)38-30(43)19-4-5-20(26(12-19)31(33,34)35)16-41-9-8-25(17-41)40(2)3/h4-7,10-13,15,25,36H,8-9,14,16-17H2,1-3H3,(H,37,39)(H,38,43)/t25-/m0/s1. The molecule has 12 heteroatoms. The normalized spacial score (nSPS) is 15.8. The molecule has 2 aromatic carbocycles. The highest BCUT2D eigenvalue weighted by Crippen LogP contribution is 2.34. The topological polar surface area (TPSA) is 93.4 Å². The second-order valence-electron chi connectivity index (χ2n) is 11.0. The third-order valence-corrected chi connectivity index (χ3v) is 7.69. The van der Waals surface area contributed by atoms with E-state index in [9.17, 15) is 27.2 Å². The molecule has 3 N–H and O–H groups in total. The van der Waals surface area contributed by atoms with E-state index in [1.165, 1.54) is 37.3 Å². The number of anilines is 2. The van der Waals surface area contributed by atoms with Crippen LogP contribution >= 0.6 is 0 Å². The van der Waals surface area contributed by atoms with E-state index >= 15 is 0 Å². The van der Waals surface area contributed by atoms with Gasteiger partial charge in [0.25, 0.3) is 5.91 Å². The minimum atomic E-state index is -4.63. The number of likely N-dealkylation sites (tertiary alicyclic amines) is 1. The summed E-state index contributed by atoms with van der Waals surface area (Å²) >= 11 is 0. The first-order chi connectivity index (χ1) is 20.4. The van der Waals surface area contributed by atoms with Gasteiger partial charge in [0.2, 0.25) is 0 Å².